The van der Waals surface area contributed by atoms with Gasteiger partial charge in [-0.15, -0.1) is 10.2 Å². The smallest absolute Gasteiger partial charge is 0.282 e. The van der Waals surface area contributed by atoms with E-state index in [4.69, 9.17) is 4.42 Å². The first kappa shape index (κ1) is 15.1. The molecule has 0 amide bonds. The molecule has 2 aromatic rings. The van der Waals surface area contributed by atoms with Crippen molar-refractivity contribution in [3.63, 3.8) is 0 Å². The van der Waals surface area contributed by atoms with Gasteiger partial charge in [-0.3, -0.25) is 10.1 Å². The zero-order chi connectivity index (χ0) is 15.2. The van der Waals surface area contributed by atoms with Crippen molar-refractivity contribution in [2.24, 2.45) is 0 Å². The first-order valence-electron chi connectivity index (χ1n) is 6.91. The van der Waals surface area contributed by atoms with Gasteiger partial charge >= 0.3 is 0 Å². The van der Waals surface area contributed by atoms with Crippen molar-refractivity contribution in [1.82, 2.24) is 15.5 Å². The van der Waals surface area contributed by atoms with E-state index in [1.54, 1.807) is 19.1 Å². The molecule has 0 saturated heterocycles. The Bertz CT molecular complexity index is 624. The van der Waals surface area contributed by atoms with Gasteiger partial charge in [-0.1, -0.05) is 19.1 Å². The van der Waals surface area contributed by atoms with Crippen LogP contribution >= 0.6 is 0 Å². The van der Waals surface area contributed by atoms with Crippen molar-refractivity contribution in [3.05, 3.63) is 39.8 Å². The van der Waals surface area contributed by atoms with Crippen LogP contribution in [0.4, 0.5) is 5.69 Å². The maximum atomic E-state index is 11.1. The Hall–Kier alpha value is -2.28. The molecule has 21 heavy (non-hydrogen) atoms. The van der Waals surface area contributed by atoms with Gasteiger partial charge in [0.05, 0.1) is 4.92 Å². The highest BCUT2D eigenvalue weighted by Crippen LogP contribution is 2.31. The predicted molar refractivity (Wildman–Crippen MR) is 78.0 cm³/mol. The minimum absolute atomic E-state index is 0.0192. The van der Waals surface area contributed by atoms with Crippen LogP contribution in [-0.4, -0.2) is 28.2 Å². The van der Waals surface area contributed by atoms with Crippen LogP contribution in [-0.2, 0) is 6.42 Å². The number of nitro groups is 1. The number of benzene rings is 1. The Kier molecular flexibility index (Phi) is 4.99. The largest absolute Gasteiger partial charge is 0.420 e. The lowest BCUT2D eigenvalue weighted by Gasteiger charge is -2.02. The summed E-state index contributed by atoms with van der Waals surface area (Å²) in [6, 6.07) is 4.87. The third kappa shape index (κ3) is 3.63. The molecule has 1 N–H and O–H groups in total. The Balaban J connectivity index is 2.20. The summed E-state index contributed by atoms with van der Waals surface area (Å²) in [7, 11) is 0. The molecule has 0 aliphatic carbocycles. The minimum atomic E-state index is -0.436. The number of aromatic nitrogens is 2. The molecule has 0 aliphatic heterocycles. The van der Waals surface area contributed by atoms with Crippen LogP contribution in [0.3, 0.4) is 0 Å². The second-order valence-corrected chi connectivity index (χ2v) is 4.73. The predicted octanol–water partition coefficient (Wildman–Crippen LogP) is 2.50. The lowest BCUT2D eigenvalue weighted by Crippen LogP contribution is -2.17. The van der Waals surface area contributed by atoms with Gasteiger partial charge in [-0.25, -0.2) is 0 Å². The summed E-state index contributed by atoms with van der Waals surface area (Å²) >= 11 is 0. The highest BCUT2D eigenvalue weighted by Gasteiger charge is 2.22. The summed E-state index contributed by atoms with van der Waals surface area (Å²) in [4.78, 5) is 10.7. The average molecular weight is 290 g/mol. The molecule has 0 saturated carbocycles. The van der Waals surface area contributed by atoms with Crippen molar-refractivity contribution in [1.29, 1.82) is 0 Å². The fourth-order valence-electron chi connectivity index (χ4n) is 2.04. The van der Waals surface area contributed by atoms with E-state index in [1.165, 1.54) is 6.07 Å². The molecule has 1 heterocycles. The second kappa shape index (κ2) is 6.94. The molecule has 112 valence electrons. The molecule has 7 nitrogen and oxygen atoms in total. The van der Waals surface area contributed by atoms with Crippen molar-refractivity contribution >= 4 is 5.69 Å². The summed E-state index contributed by atoms with van der Waals surface area (Å²) in [5.41, 5.74) is 1.11. The topological polar surface area (TPSA) is 94.1 Å². The molecule has 0 radical (unpaired) electrons. The van der Waals surface area contributed by atoms with Gasteiger partial charge < -0.3 is 9.73 Å². The Morgan fingerprint density at radius 1 is 1.33 bits per heavy atom. The number of nitrogens with zero attached hydrogens (tertiary/aromatic N) is 3. The molecule has 0 atom stereocenters. The third-order valence-corrected chi connectivity index (χ3v) is 3.07. The summed E-state index contributed by atoms with van der Waals surface area (Å²) in [6.07, 6.45) is 1.66. The Labute approximate surface area is 122 Å². The minimum Gasteiger partial charge on any atom is -0.420 e. The van der Waals surface area contributed by atoms with Crippen LogP contribution in [0, 0.1) is 17.0 Å². The van der Waals surface area contributed by atoms with E-state index in [1.807, 2.05) is 0 Å². The average Bonchev–Trinajstić information content (AvgIpc) is 2.91. The SMILES string of the molecule is CCCNCCc1nnc(-c2c(C)cccc2[N+](=O)[O-])o1. The van der Waals surface area contributed by atoms with E-state index in [-0.39, 0.29) is 11.6 Å². The van der Waals surface area contributed by atoms with Crippen molar-refractivity contribution in [2.45, 2.75) is 26.7 Å². The molecular formula is C14H18N4O3. The molecule has 0 spiro atoms. The van der Waals surface area contributed by atoms with Crippen LogP contribution in [0.25, 0.3) is 11.5 Å². The van der Waals surface area contributed by atoms with Gasteiger partial charge in [0.2, 0.25) is 5.89 Å². The fraction of sp³-hybridized carbons (Fsp3) is 0.429. The molecule has 0 fully saturated rings. The summed E-state index contributed by atoms with van der Waals surface area (Å²) in [5, 5.41) is 22.2. The van der Waals surface area contributed by atoms with Gasteiger partial charge in [0.25, 0.3) is 11.6 Å². The lowest BCUT2D eigenvalue weighted by molar-refractivity contribution is -0.384. The summed E-state index contributed by atoms with van der Waals surface area (Å²) in [5.74, 6) is 0.677. The van der Waals surface area contributed by atoms with Gasteiger partial charge in [0, 0.05) is 19.0 Å². The Morgan fingerprint density at radius 2 is 2.14 bits per heavy atom. The third-order valence-electron chi connectivity index (χ3n) is 3.07. The van der Waals surface area contributed by atoms with E-state index in [0.717, 1.165) is 25.1 Å². The molecule has 0 aliphatic rings. The normalized spacial score (nSPS) is 10.8. The van der Waals surface area contributed by atoms with Crippen molar-refractivity contribution in [3.8, 4) is 11.5 Å². The first-order chi connectivity index (χ1) is 10.1. The Morgan fingerprint density at radius 3 is 2.86 bits per heavy atom. The standard InChI is InChI=1S/C14H18N4O3/c1-3-8-15-9-7-12-16-17-14(21-12)13-10(2)5-4-6-11(13)18(19)20/h4-6,15H,3,7-9H2,1-2H3. The number of nitrogens with one attached hydrogen (secondary N) is 1. The molecule has 0 unspecified atom stereocenters. The van der Waals surface area contributed by atoms with Crippen molar-refractivity contribution in [2.75, 3.05) is 13.1 Å². The summed E-state index contributed by atoms with van der Waals surface area (Å²) in [6.45, 7) is 5.56. The molecule has 1 aromatic heterocycles. The molecule has 2 rings (SSSR count). The lowest BCUT2D eigenvalue weighted by atomic mass is 10.1. The monoisotopic (exact) mass is 290 g/mol. The van der Waals surface area contributed by atoms with Crippen LogP contribution in [0.1, 0.15) is 24.8 Å². The maximum Gasteiger partial charge on any atom is 0.282 e. The highest BCUT2D eigenvalue weighted by atomic mass is 16.6. The van der Waals surface area contributed by atoms with Crippen molar-refractivity contribution < 1.29 is 9.34 Å². The molecule has 7 heteroatoms. The van der Waals surface area contributed by atoms with Crippen LogP contribution in [0.5, 0.6) is 0 Å². The van der Waals surface area contributed by atoms with Gasteiger partial charge in [0.1, 0.15) is 5.56 Å². The number of nitro benzene ring substituents is 1. The maximum absolute atomic E-state index is 11.1. The first-order valence-corrected chi connectivity index (χ1v) is 6.91. The molecule has 0 bridgehead atoms. The zero-order valence-corrected chi connectivity index (χ0v) is 12.1. The number of aryl methyl sites for hydroxylation is 1. The quantitative estimate of drug-likeness (QED) is 0.478. The summed E-state index contributed by atoms with van der Waals surface area (Å²) < 4.78 is 5.55. The fourth-order valence-corrected chi connectivity index (χ4v) is 2.04. The van der Waals surface area contributed by atoms with Crippen LogP contribution in [0.15, 0.2) is 22.6 Å². The van der Waals surface area contributed by atoms with E-state index < -0.39 is 4.92 Å². The van der Waals surface area contributed by atoms with E-state index >= 15 is 0 Å². The van der Waals surface area contributed by atoms with Gasteiger partial charge in [-0.05, 0) is 25.5 Å². The number of hydrogen-bond acceptors (Lipinski definition) is 6. The molecule has 1 aromatic carbocycles. The van der Waals surface area contributed by atoms with Gasteiger partial charge in [0.15, 0.2) is 0 Å². The highest BCUT2D eigenvalue weighted by molar-refractivity contribution is 5.70. The zero-order valence-electron chi connectivity index (χ0n) is 12.1. The second-order valence-electron chi connectivity index (χ2n) is 4.73. The van der Waals surface area contributed by atoms with E-state index in [0.29, 0.717) is 17.9 Å². The van der Waals surface area contributed by atoms with Gasteiger partial charge in [-0.2, -0.15) is 0 Å². The number of hydrogen-bond donors (Lipinski definition) is 1. The van der Waals surface area contributed by atoms with E-state index in [2.05, 4.69) is 22.4 Å². The number of rotatable bonds is 7. The van der Waals surface area contributed by atoms with Crippen LogP contribution in [0.2, 0.25) is 0 Å². The molecular weight excluding hydrogens is 272 g/mol. The van der Waals surface area contributed by atoms with E-state index in [9.17, 15) is 10.1 Å². The van der Waals surface area contributed by atoms with Crippen LogP contribution < -0.4 is 5.32 Å².